The summed E-state index contributed by atoms with van der Waals surface area (Å²) in [6, 6.07) is -0.976. The van der Waals surface area contributed by atoms with Crippen LogP contribution >= 0.6 is 0 Å². The molecule has 0 aliphatic heterocycles. The molecule has 8 heteroatoms. The first-order chi connectivity index (χ1) is 8.80. The third-order valence-electron chi connectivity index (χ3n) is 2.53. The second-order valence-corrected chi connectivity index (χ2v) is 6.69. The average Bonchev–Trinajstić information content (AvgIpc) is 2.28. The second-order valence-electron chi connectivity index (χ2n) is 4.22. The molecule has 1 atom stereocenters. The predicted molar refractivity (Wildman–Crippen MR) is 71.8 cm³/mol. The van der Waals surface area contributed by atoms with Gasteiger partial charge in [0.15, 0.2) is 9.84 Å². The predicted octanol–water partition coefficient (Wildman–Crippen LogP) is 0.364. The molecular formula is C11H22N2O5S. The van der Waals surface area contributed by atoms with Crippen LogP contribution in [0.15, 0.2) is 0 Å². The Balaban J connectivity index is 4.09. The van der Waals surface area contributed by atoms with Gasteiger partial charge in [-0.3, -0.25) is 4.79 Å². The summed E-state index contributed by atoms with van der Waals surface area (Å²) in [5.41, 5.74) is 0. The van der Waals surface area contributed by atoms with E-state index in [1.54, 1.807) is 6.92 Å². The van der Waals surface area contributed by atoms with E-state index >= 15 is 0 Å². The number of hydrogen-bond donors (Lipinski definition) is 3. The maximum atomic E-state index is 11.5. The molecule has 0 bridgehead atoms. The summed E-state index contributed by atoms with van der Waals surface area (Å²) in [5, 5.41) is 13.6. The van der Waals surface area contributed by atoms with Gasteiger partial charge < -0.3 is 15.7 Å². The van der Waals surface area contributed by atoms with Crippen LogP contribution in [0.5, 0.6) is 0 Å². The lowest BCUT2D eigenvalue weighted by molar-refractivity contribution is -0.137. The first kappa shape index (κ1) is 17.7. The van der Waals surface area contributed by atoms with Gasteiger partial charge in [0.25, 0.3) is 0 Å². The first-order valence-corrected chi connectivity index (χ1v) is 8.09. The van der Waals surface area contributed by atoms with Crippen LogP contribution in [0.1, 0.15) is 33.1 Å². The van der Waals surface area contributed by atoms with Crippen molar-refractivity contribution in [1.82, 2.24) is 10.6 Å². The van der Waals surface area contributed by atoms with Gasteiger partial charge in [0.1, 0.15) is 0 Å². The number of urea groups is 1. The van der Waals surface area contributed by atoms with Gasteiger partial charge >= 0.3 is 12.0 Å². The minimum atomic E-state index is -3.11. The van der Waals surface area contributed by atoms with Crippen LogP contribution in [-0.2, 0) is 14.6 Å². The van der Waals surface area contributed by atoms with E-state index in [0.29, 0.717) is 6.42 Å². The fourth-order valence-corrected chi connectivity index (χ4v) is 2.19. The zero-order valence-corrected chi connectivity index (χ0v) is 12.1. The number of aliphatic carboxylic acids is 1. The summed E-state index contributed by atoms with van der Waals surface area (Å²) in [6.07, 6.45) is 1.17. The molecular weight excluding hydrogens is 272 g/mol. The number of carbonyl (C=O) groups excluding carboxylic acids is 1. The van der Waals surface area contributed by atoms with Gasteiger partial charge in [0.05, 0.1) is 12.2 Å². The highest BCUT2D eigenvalue weighted by atomic mass is 32.2. The lowest BCUT2D eigenvalue weighted by atomic mass is 10.1. The Morgan fingerprint density at radius 3 is 2.37 bits per heavy atom. The van der Waals surface area contributed by atoms with Crippen LogP contribution in [0, 0.1) is 0 Å². The number of carboxylic acid groups (broad SMARTS) is 1. The summed E-state index contributed by atoms with van der Waals surface area (Å²) >= 11 is 0. The molecule has 0 aromatic heterocycles. The topological polar surface area (TPSA) is 113 Å². The summed E-state index contributed by atoms with van der Waals surface area (Å²) in [6.45, 7) is 3.45. The third kappa shape index (κ3) is 9.29. The number of nitrogens with one attached hydrogen (secondary N) is 2. The molecule has 0 aromatic carbocycles. The van der Waals surface area contributed by atoms with Crippen LogP contribution in [-0.4, -0.2) is 49.6 Å². The number of amides is 2. The van der Waals surface area contributed by atoms with E-state index in [1.807, 2.05) is 6.92 Å². The van der Waals surface area contributed by atoms with E-state index in [0.717, 1.165) is 6.42 Å². The first-order valence-electron chi connectivity index (χ1n) is 6.27. The summed E-state index contributed by atoms with van der Waals surface area (Å²) in [7, 11) is -3.11. The molecule has 0 aliphatic carbocycles. The molecule has 0 aliphatic rings. The largest absolute Gasteiger partial charge is 0.481 e. The maximum absolute atomic E-state index is 11.5. The molecule has 0 heterocycles. The third-order valence-corrected chi connectivity index (χ3v) is 4.24. The highest BCUT2D eigenvalue weighted by Gasteiger charge is 2.15. The molecule has 7 nitrogen and oxygen atoms in total. The van der Waals surface area contributed by atoms with Gasteiger partial charge in [0.2, 0.25) is 0 Å². The van der Waals surface area contributed by atoms with Crippen molar-refractivity contribution in [2.45, 2.75) is 39.2 Å². The van der Waals surface area contributed by atoms with E-state index in [4.69, 9.17) is 5.11 Å². The smallest absolute Gasteiger partial charge is 0.315 e. The Hall–Kier alpha value is -1.31. The fourth-order valence-electron chi connectivity index (χ4n) is 1.49. The number of carbonyl (C=O) groups is 2. The van der Waals surface area contributed by atoms with Crippen molar-refractivity contribution in [3.8, 4) is 0 Å². The average molecular weight is 294 g/mol. The highest BCUT2D eigenvalue weighted by Crippen LogP contribution is 2.01. The van der Waals surface area contributed by atoms with Crippen molar-refractivity contribution >= 4 is 21.8 Å². The Kier molecular flexibility index (Phi) is 8.13. The van der Waals surface area contributed by atoms with Crippen molar-refractivity contribution in [3.63, 3.8) is 0 Å². The van der Waals surface area contributed by atoms with E-state index in [-0.39, 0.29) is 24.5 Å². The van der Waals surface area contributed by atoms with Crippen LogP contribution < -0.4 is 10.6 Å². The SMILES string of the molecule is CCCC(CC(=O)O)NC(=O)NCCS(=O)(=O)CC. The Labute approximate surface area is 113 Å². The molecule has 0 aromatic rings. The summed E-state index contributed by atoms with van der Waals surface area (Å²) in [4.78, 5) is 22.1. The normalized spacial score (nSPS) is 12.7. The number of rotatable bonds is 9. The van der Waals surface area contributed by atoms with Crippen molar-refractivity contribution < 1.29 is 23.1 Å². The quantitative estimate of drug-likeness (QED) is 0.568. The highest BCUT2D eigenvalue weighted by molar-refractivity contribution is 7.91. The minimum absolute atomic E-state index is 0.0217. The lowest BCUT2D eigenvalue weighted by Gasteiger charge is -2.16. The molecule has 0 rings (SSSR count). The molecule has 0 saturated carbocycles. The van der Waals surface area contributed by atoms with Crippen LogP contribution in [0.4, 0.5) is 4.79 Å². The van der Waals surface area contributed by atoms with Gasteiger partial charge in [-0.05, 0) is 6.42 Å². The minimum Gasteiger partial charge on any atom is -0.481 e. The van der Waals surface area contributed by atoms with Crippen LogP contribution in [0.25, 0.3) is 0 Å². The van der Waals surface area contributed by atoms with Crippen molar-refractivity contribution in [1.29, 1.82) is 0 Å². The molecule has 0 fully saturated rings. The van der Waals surface area contributed by atoms with Crippen LogP contribution in [0.3, 0.4) is 0 Å². The van der Waals surface area contributed by atoms with Crippen LogP contribution in [0.2, 0.25) is 0 Å². The fraction of sp³-hybridized carbons (Fsp3) is 0.818. The summed E-state index contributed by atoms with van der Waals surface area (Å²) in [5.74, 6) is -1.06. The molecule has 19 heavy (non-hydrogen) atoms. The Morgan fingerprint density at radius 1 is 1.26 bits per heavy atom. The zero-order chi connectivity index (χ0) is 14.9. The second kappa shape index (κ2) is 8.73. The molecule has 112 valence electrons. The standard InChI is InChI=1S/C11H22N2O5S/c1-3-5-9(8-10(14)15)13-11(16)12-6-7-19(17,18)4-2/h9H,3-8H2,1-2H3,(H,14,15)(H2,12,13,16). The zero-order valence-electron chi connectivity index (χ0n) is 11.3. The van der Waals surface area contributed by atoms with Gasteiger partial charge in [-0.15, -0.1) is 0 Å². The molecule has 3 N–H and O–H groups in total. The molecule has 0 radical (unpaired) electrons. The maximum Gasteiger partial charge on any atom is 0.315 e. The van der Waals surface area contributed by atoms with Gasteiger partial charge in [-0.2, -0.15) is 0 Å². The molecule has 1 unspecified atom stereocenters. The van der Waals surface area contributed by atoms with Crippen molar-refractivity contribution in [2.24, 2.45) is 0 Å². The molecule has 0 saturated heterocycles. The Bertz CT molecular complexity index is 394. The van der Waals surface area contributed by atoms with E-state index in [2.05, 4.69) is 10.6 Å². The van der Waals surface area contributed by atoms with E-state index in [9.17, 15) is 18.0 Å². The van der Waals surface area contributed by atoms with Gasteiger partial charge in [-0.25, -0.2) is 13.2 Å². The molecule has 2 amide bonds. The number of sulfone groups is 1. The summed E-state index contributed by atoms with van der Waals surface area (Å²) < 4.78 is 22.4. The van der Waals surface area contributed by atoms with Crippen molar-refractivity contribution in [2.75, 3.05) is 18.1 Å². The molecule has 0 spiro atoms. The van der Waals surface area contributed by atoms with Gasteiger partial charge in [0, 0.05) is 18.3 Å². The monoisotopic (exact) mass is 294 g/mol. The van der Waals surface area contributed by atoms with E-state index < -0.39 is 27.9 Å². The Morgan fingerprint density at radius 2 is 1.89 bits per heavy atom. The van der Waals surface area contributed by atoms with E-state index in [1.165, 1.54) is 0 Å². The lowest BCUT2D eigenvalue weighted by Crippen LogP contribution is -2.44. The number of hydrogen-bond acceptors (Lipinski definition) is 4. The van der Waals surface area contributed by atoms with Gasteiger partial charge in [-0.1, -0.05) is 20.3 Å². The number of carboxylic acids is 1. The van der Waals surface area contributed by atoms with Crippen molar-refractivity contribution in [3.05, 3.63) is 0 Å².